The predicted molar refractivity (Wildman–Crippen MR) is 61.3 cm³/mol. The van der Waals surface area contributed by atoms with Crippen molar-refractivity contribution in [2.75, 3.05) is 7.05 Å². The fraction of sp³-hybridized carbons (Fsp3) is 0.0833. The van der Waals surface area contributed by atoms with Gasteiger partial charge in [-0.15, -0.1) is 0 Å². The predicted octanol–water partition coefficient (Wildman–Crippen LogP) is 1.04. The Bertz CT molecular complexity index is 530. The zero-order valence-corrected chi connectivity index (χ0v) is 8.78. The minimum atomic E-state index is -0.566. The van der Waals surface area contributed by atoms with Gasteiger partial charge in [0.05, 0.1) is 5.70 Å². The summed E-state index contributed by atoms with van der Waals surface area (Å²) in [6, 6.07) is 6.88. The van der Waals surface area contributed by atoms with Crippen molar-refractivity contribution < 1.29 is 9.59 Å². The molecule has 1 aromatic rings. The number of hydrogen-bond acceptors (Lipinski definition) is 4. The number of Topliss-reactive ketones (excluding diaryl/α,β-unsaturated/α-hetero) is 2. The number of ketones is 2. The maximum Gasteiger partial charge on any atom is 0.251 e. The summed E-state index contributed by atoms with van der Waals surface area (Å²) in [5.41, 5.74) is 1.67. The Morgan fingerprint density at radius 1 is 1.12 bits per heavy atom. The van der Waals surface area contributed by atoms with E-state index >= 15 is 0 Å². The van der Waals surface area contributed by atoms with Crippen LogP contribution in [0.2, 0.25) is 0 Å². The summed E-state index contributed by atoms with van der Waals surface area (Å²) in [4.78, 5) is 27.3. The van der Waals surface area contributed by atoms with Crippen LogP contribution in [0.4, 0.5) is 0 Å². The van der Waals surface area contributed by atoms with Gasteiger partial charge >= 0.3 is 0 Å². The summed E-state index contributed by atoms with van der Waals surface area (Å²) in [7, 11) is 1.58. The van der Waals surface area contributed by atoms with E-state index in [0.29, 0.717) is 16.8 Å². The van der Waals surface area contributed by atoms with Crippen molar-refractivity contribution >= 4 is 24.0 Å². The third-order valence-corrected chi connectivity index (χ3v) is 2.51. The van der Waals surface area contributed by atoms with E-state index in [1.165, 1.54) is 0 Å². The molecule has 2 rings (SSSR count). The van der Waals surface area contributed by atoms with E-state index in [-0.39, 0.29) is 5.70 Å². The molecule has 1 aliphatic carbocycles. The van der Waals surface area contributed by atoms with Gasteiger partial charge in [-0.05, 0) is 6.72 Å². The molecule has 0 unspecified atom stereocenters. The van der Waals surface area contributed by atoms with Gasteiger partial charge in [0.15, 0.2) is 0 Å². The number of likely N-dealkylation sites (N-methyl/N-ethyl adjacent to an activating group) is 1. The summed E-state index contributed by atoms with van der Waals surface area (Å²) < 4.78 is 0. The second-order valence-electron chi connectivity index (χ2n) is 3.34. The summed E-state index contributed by atoms with van der Waals surface area (Å²) >= 11 is 0. The van der Waals surface area contributed by atoms with Crippen LogP contribution < -0.4 is 5.32 Å². The molecule has 0 aliphatic heterocycles. The number of fused-ring (bicyclic) bond motifs is 1. The summed E-state index contributed by atoms with van der Waals surface area (Å²) in [6.45, 7) is 3.43. The molecule has 0 bridgehead atoms. The lowest BCUT2D eigenvalue weighted by Gasteiger charge is -2.17. The highest BCUT2D eigenvalue weighted by Gasteiger charge is 2.31. The van der Waals surface area contributed by atoms with Crippen LogP contribution in [0.15, 0.2) is 35.0 Å². The Morgan fingerprint density at radius 2 is 1.75 bits per heavy atom. The zero-order chi connectivity index (χ0) is 11.7. The van der Waals surface area contributed by atoms with Crippen LogP contribution in [-0.2, 0) is 4.79 Å². The number of allylic oxidation sites excluding steroid dienone is 1. The lowest BCUT2D eigenvalue weighted by atomic mass is 9.91. The monoisotopic (exact) mass is 214 g/mol. The van der Waals surface area contributed by atoms with Crippen LogP contribution in [0.25, 0.3) is 5.70 Å². The van der Waals surface area contributed by atoms with Gasteiger partial charge in [0.25, 0.3) is 5.78 Å². The Hall–Kier alpha value is -2.23. The number of benzene rings is 1. The van der Waals surface area contributed by atoms with Gasteiger partial charge in [-0.25, -0.2) is 0 Å². The van der Waals surface area contributed by atoms with E-state index in [4.69, 9.17) is 0 Å². The van der Waals surface area contributed by atoms with E-state index < -0.39 is 11.6 Å². The van der Waals surface area contributed by atoms with Crippen LogP contribution in [0.1, 0.15) is 15.9 Å². The van der Waals surface area contributed by atoms with Gasteiger partial charge in [0.1, 0.15) is 5.70 Å². The van der Waals surface area contributed by atoms with Crippen LogP contribution in [0.3, 0.4) is 0 Å². The Balaban J connectivity index is 2.79. The number of nitrogens with zero attached hydrogens (tertiary/aromatic N) is 1. The highest BCUT2D eigenvalue weighted by atomic mass is 16.2. The van der Waals surface area contributed by atoms with Gasteiger partial charge in [-0.3, -0.25) is 14.6 Å². The first-order valence-electron chi connectivity index (χ1n) is 4.78. The molecule has 0 amide bonds. The highest BCUT2D eigenvalue weighted by Crippen LogP contribution is 2.28. The molecule has 0 spiro atoms. The normalized spacial score (nSPS) is 14.8. The molecule has 1 aliphatic rings. The van der Waals surface area contributed by atoms with Crippen molar-refractivity contribution in [3.63, 3.8) is 0 Å². The highest BCUT2D eigenvalue weighted by molar-refractivity contribution is 6.52. The summed E-state index contributed by atoms with van der Waals surface area (Å²) in [6.07, 6.45) is 0. The molecule has 1 aromatic carbocycles. The van der Waals surface area contributed by atoms with Gasteiger partial charge < -0.3 is 5.32 Å². The van der Waals surface area contributed by atoms with Crippen LogP contribution in [0, 0.1) is 0 Å². The smallest absolute Gasteiger partial charge is 0.251 e. The summed E-state index contributed by atoms with van der Waals surface area (Å²) in [5.74, 6) is -1.07. The topological polar surface area (TPSA) is 58.5 Å². The molecule has 0 saturated carbocycles. The minimum Gasteiger partial charge on any atom is -0.383 e. The molecule has 0 heterocycles. The molecule has 0 atom stereocenters. The quantitative estimate of drug-likeness (QED) is 0.591. The van der Waals surface area contributed by atoms with Crippen LogP contribution in [0.5, 0.6) is 0 Å². The number of rotatable bonds is 2. The van der Waals surface area contributed by atoms with Crippen molar-refractivity contribution in [3.05, 3.63) is 41.1 Å². The standard InChI is InChI=1S/C12H10N2O2/c1-13-9-7-5-3-4-6-8(7)11(15)12(16)10(9)14-2/h3-6,14H,1H2,2H3. The van der Waals surface area contributed by atoms with E-state index in [1.54, 1.807) is 31.3 Å². The minimum absolute atomic E-state index is 0.207. The van der Waals surface area contributed by atoms with Crippen molar-refractivity contribution in [2.24, 2.45) is 4.99 Å². The molecule has 4 heteroatoms. The van der Waals surface area contributed by atoms with E-state index in [0.717, 1.165) is 0 Å². The van der Waals surface area contributed by atoms with Crippen molar-refractivity contribution in [3.8, 4) is 0 Å². The molecule has 4 nitrogen and oxygen atoms in total. The van der Waals surface area contributed by atoms with E-state index in [9.17, 15) is 9.59 Å². The van der Waals surface area contributed by atoms with Crippen molar-refractivity contribution in [1.29, 1.82) is 0 Å². The lowest BCUT2D eigenvalue weighted by molar-refractivity contribution is -0.112. The average molecular weight is 214 g/mol. The zero-order valence-electron chi connectivity index (χ0n) is 8.78. The molecule has 0 fully saturated rings. The van der Waals surface area contributed by atoms with Crippen LogP contribution >= 0.6 is 0 Å². The fourth-order valence-electron chi connectivity index (χ4n) is 1.76. The van der Waals surface area contributed by atoms with Gasteiger partial charge in [0.2, 0.25) is 5.78 Å². The Morgan fingerprint density at radius 3 is 2.31 bits per heavy atom. The van der Waals surface area contributed by atoms with Crippen LogP contribution in [-0.4, -0.2) is 25.3 Å². The SMILES string of the molecule is C=NC1=C(NC)C(=O)C(=O)c2ccccc21. The van der Waals surface area contributed by atoms with Gasteiger partial charge in [-0.2, -0.15) is 0 Å². The van der Waals surface area contributed by atoms with Gasteiger partial charge in [-0.1, -0.05) is 24.3 Å². The number of carbonyl (C=O) groups excluding carboxylic acids is 2. The Labute approximate surface area is 92.7 Å². The van der Waals surface area contributed by atoms with Crippen molar-refractivity contribution in [2.45, 2.75) is 0 Å². The number of hydrogen-bond donors (Lipinski definition) is 1. The first-order valence-corrected chi connectivity index (χ1v) is 4.78. The molecular formula is C12H10N2O2. The molecule has 80 valence electrons. The molecule has 0 saturated heterocycles. The maximum atomic E-state index is 11.8. The summed E-state index contributed by atoms with van der Waals surface area (Å²) in [5, 5.41) is 2.70. The first kappa shape index (κ1) is 10.3. The molecule has 0 radical (unpaired) electrons. The molecule has 0 aromatic heterocycles. The third kappa shape index (κ3) is 1.27. The molecule has 1 N–H and O–H groups in total. The number of nitrogens with one attached hydrogen (secondary N) is 1. The van der Waals surface area contributed by atoms with E-state index in [2.05, 4.69) is 17.0 Å². The first-order chi connectivity index (χ1) is 7.70. The largest absolute Gasteiger partial charge is 0.383 e. The molecule has 16 heavy (non-hydrogen) atoms. The third-order valence-electron chi connectivity index (χ3n) is 2.51. The van der Waals surface area contributed by atoms with Crippen molar-refractivity contribution in [1.82, 2.24) is 5.32 Å². The number of carbonyl (C=O) groups is 2. The second-order valence-corrected chi connectivity index (χ2v) is 3.34. The van der Waals surface area contributed by atoms with Gasteiger partial charge in [0, 0.05) is 18.2 Å². The average Bonchev–Trinajstić information content (AvgIpc) is 2.33. The fourth-order valence-corrected chi connectivity index (χ4v) is 1.76. The second kappa shape index (κ2) is 3.73. The molecular weight excluding hydrogens is 204 g/mol. The van der Waals surface area contributed by atoms with E-state index in [1.807, 2.05) is 0 Å². The Kier molecular flexibility index (Phi) is 2.40. The number of aliphatic imine (C=N–C) groups is 1. The maximum absolute atomic E-state index is 11.8. The lowest BCUT2D eigenvalue weighted by Crippen LogP contribution is -2.29.